The zero-order chi connectivity index (χ0) is 27.6. The molecule has 0 aromatic carbocycles. The molecule has 6 heterocycles. The van der Waals surface area contributed by atoms with Gasteiger partial charge < -0.3 is 20.0 Å². The maximum absolute atomic E-state index is 13.3. The van der Waals surface area contributed by atoms with Crippen LogP contribution in [0.5, 0.6) is 0 Å². The number of carbonyl (C=O) groups is 1. The van der Waals surface area contributed by atoms with E-state index in [-0.39, 0.29) is 12.5 Å². The highest BCUT2D eigenvalue weighted by molar-refractivity contribution is 7.99. The number of nitrogens with zero attached hydrogens (tertiary/aromatic N) is 8. The Balaban J connectivity index is 1.23. The first-order valence-electron chi connectivity index (χ1n) is 12.9. The molecule has 0 atom stereocenters. The number of nitrogens with one attached hydrogen (secondary N) is 1. The first-order valence-corrected chi connectivity index (χ1v) is 15.2. The summed E-state index contributed by atoms with van der Waals surface area (Å²) in [6.45, 7) is 4.20. The summed E-state index contributed by atoms with van der Waals surface area (Å²) < 4.78 is 1.78. The van der Waals surface area contributed by atoms with Gasteiger partial charge in [0.15, 0.2) is 5.65 Å². The number of pyridine rings is 2. The summed E-state index contributed by atoms with van der Waals surface area (Å²) in [4.78, 5) is 37.4. The molecule has 2 fully saturated rings. The molecule has 208 valence electrons. The van der Waals surface area contributed by atoms with Crippen LogP contribution in [0.15, 0.2) is 43.1 Å². The van der Waals surface area contributed by atoms with Crippen LogP contribution in [0.25, 0.3) is 16.9 Å². The van der Waals surface area contributed by atoms with Crippen LogP contribution < -0.4 is 15.1 Å². The summed E-state index contributed by atoms with van der Waals surface area (Å²) >= 11 is 21.2. The van der Waals surface area contributed by atoms with Gasteiger partial charge in [-0.05, 0) is 12.1 Å². The third-order valence-corrected chi connectivity index (χ3v) is 8.79. The Bertz CT molecular complexity index is 1520. The Morgan fingerprint density at radius 1 is 0.925 bits per heavy atom. The van der Waals surface area contributed by atoms with Gasteiger partial charge in [-0.3, -0.25) is 19.2 Å². The van der Waals surface area contributed by atoms with Crippen molar-refractivity contribution in [1.29, 1.82) is 0 Å². The summed E-state index contributed by atoms with van der Waals surface area (Å²) in [7, 11) is 0. The number of hydrogen-bond acceptors (Lipinski definition) is 9. The molecule has 0 aliphatic carbocycles. The van der Waals surface area contributed by atoms with Crippen LogP contribution in [0.1, 0.15) is 0 Å². The zero-order valence-electron chi connectivity index (χ0n) is 21.4. The summed E-state index contributed by atoms with van der Waals surface area (Å²) in [5.74, 6) is 3.56. The fraction of sp³-hybridized carbons (Fsp3) is 0.346. The minimum atomic E-state index is -0.0304. The second-order valence-corrected chi connectivity index (χ2v) is 11.8. The first kappa shape index (κ1) is 27.2. The molecule has 14 heteroatoms. The topological polar surface area (TPSA) is 94.8 Å². The van der Waals surface area contributed by atoms with Crippen molar-refractivity contribution < 1.29 is 4.79 Å². The van der Waals surface area contributed by atoms with Crippen LogP contribution in [-0.4, -0.2) is 92.5 Å². The maximum atomic E-state index is 13.3. The van der Waals surface area contributed by atoms with Crippen molar-refractivity contribution in [1.82, 2.24) is 29.2 Å². The lowest BCUT2D eigenvalue weighted by Crippen LogP contribution is -2.50. The second kappa shape index (κ2) is 11.9. The Kier molecular flexibility index (Phi) is 8.06. The highest BCUT2D eigenvalue weighted by Crippen LogP contribution is 2.36. The molecule has 2 saturated heterocycles. The zero-order valence-corrected chi connectivity index (χ0v) is 24.5. The third kappa shape index (κ3) is 5.35. The normalized spacial score (nSPS) is 16.0. The van der Waals surface area contributed by atoms with Gasteiger partial charge in [-0.2, -0.15) is 11.8 Å². The van der Waals surface area contributed by atoms with Crippen LogP contribution >= 0.6 is 46.6 Å². The molecule has 40 heavy (non-hydrogen) atoms. The molecule has 4 aromatic rings. The second-order valence-electron chi connectivity index (χ2n) is 9.38. The molecule has 2 aliphatic rings. The molecule has 0 radical (unpaired) electrons. The van der Waals surface area contributed by atoms with E-state index in [0.29, 0.717) is 58.5 Å². The van der Waals surface area contributed by atoms with Gasteiger partial charge in [-0.15, -0.1) is 0 Å². The van der Waals surface area contributed by atoms with Crippen LogP contribution in [0, 0.1) is 0 Å². The summed E-state index contributed by atoms with van der Waals surface area (Å²) in [5, 5.41) is 4.74. The van der Waals surface area contributed by atoms with Crippen LogP contribution in [0.2, 0.25) is 15.2 Å². The molecule has 10 nitrogen and oxygen atoms in total. The van der Waals surface area contributed by atoms with Crippen molar-refractivity contribution in [3.8, 4) is 11.3 Å². The van der Waals surface area contributed by atoms with Gasteiger partial charge in [0.1, 0.15) is 22.5 Å². The number of piperazine rings is 1. The fourth-order valence-electron chi connectivity index (χ4n) is 5.08. The highest BCUT2D eigenvalue weighted by Gasteiger charge is 2.26. The van der Waals surface area contributed by atoms with Crippen LogP contribution in [-0.2, 0) is 4.79 Å². The SMILES string of the molecule is O=C(CNc1c(-c2cccnc2N2CCSCC2)nc2cncc(Cl)n12)N1CCN(c2c(Cl)cncc2Cl)CC1. The van der Waals surface area contributed by atoms with E-state index in [9.17, 15) is 4.79 Å². The molecule has 1 N–H and O–H groups in total. The van der Waals surface area contributed by atoms with Gasteiger partial charge in [-0.1, -0.05) is 34.8 Å². The number of carbonyl (C=O) groups excluding carboxylic acids is 1. The maximum Gasteiger partial charge on any atom is 0.242 e. The van der Waals surface area contributed by atoms with Crippen LogP contribution in [0.3, 0.4) is 0 Å². The molecular formula is C26H26Cl3N9OS. The Hall–Kier alpha value is -2.99. The van der Waals surface area contributed by atoms with Crippen molar-refractivity contribution in [2.45, 2.75) is 0 Å². The Morgan fingerprint density at radius 2 is 1.65 bits per heavy atom. The molecule has 0 bridgehead atoms. The first-order chi connectivity index (χ1) is 19.5. The molecule has 6 rings (SSSR count). The molecular weight excluding hydrogens is 593 g/mol. The fourth-order valence-corrected chi connectivity index (χ4v) is 6.81. The van der Waals surface area contributed by atoms with Crippen molar-refractivity contribution >= 4 is 75.4 Å². The lowest BCUT2D eigenvalue weighted by Gasteiger charge is -2.36. The lowest BCUT2D eigenvalue weighted by molar-refractivity contribution is -0.129. The minimum absolute atomic E-state index is 0.0304. The summed E-state index contributed by atoms with van der Waals surface area (Å²) in [5.41, 5.74) is 2.89. The van der Waals surface area contributed by atoms with E-state index in [0.717, 1.165) is 41.7 Å². The van der Waals surface area contributed by atoms with Crippen LogP contribution in [0.4, 0.5) is 17.3 Å². The number of hydrogen-bond donors (Lipinski definition) is 1. The van der Waals surface area contributed by atoms with Crippen molar-refractivity contribution in [3.05, 3.63) is 58.3 Å². The van der Waals surface area contributed by atoms with E-state index in [1.54, 1.807) is 35.4 Å². The van der Waals surface area contributed by atoms with E-state index >= 15 is 0 Å². The Labute approximate surface area is 250 Å². The monoisotopic (exact) mass is 617 g/mol. The molecule has 4 aromatic heterocycles. The van der Waals surface area contributed by atoms with Crippen molar-refractivity contribution in [2.24, 2.45) is 0 Å². The van der Waals surface area contributed by atoms with Gasteiger partial charge in [0.25, 0.3) is 0 Å². The van der Waals surface area contributed by atoms with Gasteiger partial charge >= 0.3 is 0 Å². The number of anilines is 3. The molecule has 2 aliphatic heterocycles. The number of rotatable bonds is 6. The van der Waals surface area contributed by atoms with Gasteiger partial charge in [-0.25, -0.2) is 9.97 Å². The van der Waals surface area contributed by atoms with E-state index in [1.165, 1.54) is 0 Å². The van der Waals surface area contributed by atoms with E-state index in [2.05, 4.69) is 25.1 Å². The quantitative estimate of drug-likeness (QED) is 0.336. The minimum Gasteiger partial charge on any atom is -0.365 e. The average molecular weight is 619 g/mol. The number of aromatic nitrogens is 5. The molecule has 0 unspecified atom stereocenters. The van der Waals surface area contributed by atoms with E-state index in [4.69, 9.17) is 44.8 Å². The predicted octanol–water partition coefficient (Wildman–Crippen LogP) is 4.46. The van der Waals surface area contributed by atoms with Gasteiger partial charge in [0.2, 0.25) is 5.91 Å². The number of halogens is 3. The Morgan fingerprint density at radius 3 is 2.40 bits per heavy atom. The summed E-state index contributed by atoms with van der Waals surface area (Å²) in [6, 6.07) is 3.91. The van der Waals surface area contributed by atoms with Gasteiger partial charge in [0.05, 0.1) is 34.7 Å². The van der Waals surface area contributed by atoms with E-state index < -0.39 is 0 Å². The molecule has 0 saturated carbocycles. The van der Waals surface area contributed by atoms with Crippen molar-refractivity contribution in [2.75, 3.05) is 72.4 Å². The number of amides is 1. The predicted molar refractivity (Wildman–Crippen MR) is 162 cm³/mol. The van der Waals surface area contributed by atoms with E-state index in [1.807, 2.05) is 28.8 Å². The largest absolute Gasteiger partial charge is 0.365 e. The van der Waals surface area contributed by atoms with Crippen molar-refractivity contribution in [3.63, 3.8) is 0 Å². The van der Waals surface area contributed by atoms with Gasteiger partial charge in [0, 0.05) is 74.9 Å². The number of fused-ring (bicyclic) bond motifs is 1. The average Bonchev–Trinajstić information content (AvgIpc) is 3.36. The molecule has 1 amide bonds. The standard InChI is InChI=1S/C26H26Cl3N9OS/c27-18-12-30-13-19(28)24(18)36-6-4-35(5-7-36)22(39)16-33-26-23(34-21-15-31-14-20(29)38(21)26)17-2-1-3-32-25(17)37-8-10-40-11-9-37/h1-3,12-15,33H,4-11,16H2. The number of imidazole rings is 1. The third-order valence-electron chi connectivity index (χ3n) is 7.02. The lowest BCUT2D eigenvalue weighted by atomic mass is 10.1. The molecule has 0 spiro atoms. The highest BCUT2D eigenvalue weighted by atomic mass is 35.5. The number of thioether (sulfide) groups is 1. The summed E-state index contributed by atoms with van der Waals surface area (Å²) in [6.07, 6.45) is 8.18. The smallest absolute Gasteiger partial charge is 0.242 e.